The van der Waals surface area contributed by atoms with Gasteiger partial charge in [0.1, 0.15) is 0 Å². The van der Waals surface area contributed by atoms with Crippen molar-refractivity contribution in [3.63, 3.8) is 0 Å². The smallest absolute Gasteiger partial charge is 0.305 e. The zero-order valence-electron chi connectivity index (χ0n) is 12.7. The first-order chi connectivity index (χ1) is 10.0. The average Bonchev–Trinajstić information content (AvgIpc) is 3.29. The van der Waals surface area contributed by atoms with Crippen LogP contribution in [0.15, 0.2) is 0 Å². The minimum Gasteiger partial charge on any atom is -0.469 e. The van der Waals surface area contributed by atoms with E-state index in [0.717, 1.165) is 25.8 Å². The highest BCUT2D eigenvalue weighted by Crippen LogP contribution is 2.30. The molecule has 0 amide bonds. The summed E-state index contributed by atoms with van der Waals surface area (Å²) in [5.41, 5.74) is 0. The maximum atomic E-state index is 12.5. The van der Waals surface area contributed by atoms with Gasteiger partial charge < -0.3 is 10.1 Å². The first-order valence-electron chi connectivity index (χ1n) is 7.82. The van der Waals surface area contributed by atoms with Gasteiger partial charge in [-0.25, -0.2) is 8.42 Å². The van der Waals surface area contributed by atoms with Crippen LogP contribution in [0.4, 0.5) is 0 Å². The summed E-state index contributed by atoms with van der Waals surface area (Å²) in [4.78, 5) is 11.1. The molecule has 0 spiro atoms. The molecule has 1 N–H and O–H groups in total. The summed E-state index contributed by atoms with van der Waals surface area (Å²) in [5, 5.41) is 3.41. The summed E-state index contributed by atoms with van der Waals surface area (Å²) < 4.78 is 31.2. The molecule has 1 saturated carbocycles. The molecule has 2 aliphatic rings. The second kappa shape index (κ2) is 7.56. The van der Waals surface area contributed by atoms with Gasteiger partial charge in [0, 0.05) is 25.0 Å². The van der Waals surface area contributed by atoms with Crippen LogP contribution >= 0.6 is 0 Å². The highest BCUT2D eigenvalue weighted by Gasteiger charge is 2.38. The molecule has 6 nitrogen and oxygen atoms in total. The Morgan fingerprint density at radius 2 is 2.05 bits per heavy atom. The van der Waals surface area contributed by atoms with Crippen LogP contribution in [0, 0.1) is 0 Å². The highest BCUT2D eigenvalue weighted by molar-refractivity contribution is 7.89. The Hall–Kier alpha value is -0.660. The number of methoxy groups -OCH3 is 1. The molecule has 1 unspecified atom stereocenters. The van der Waals surface area contributed by atoms with Crippen molar-refractivity contribution in [3.8, 4) is 0 Å². The van der Waals surface area contributed by atoms with Gasteiger partial charge in [-0.2, -0.15) is 4.31 Å². The van der Waals surface area contributed by atoms with Gasteiger partial charge in [0.2, 0.25) is 10.0 Å². The molecule has 1 saturated heterocycles. The largest absolute Gasteiger partial charge is 0.469 e. The standard InChI is InChI=1S/C14H26N2O4S/c1-20-14(17)6-4-10-21(18,19)16(13-7-8-13)11-12-5-2-3-9-15-12/h12-13,15H,2-11H2,1H3. The fourth-order valence-electron chi connectivity index (χ4n) is 2.77. The quantitative estimate of drug-likeness (QED) is 0.672. The van der Waals surface area contributed by atoms with Crippen molar-refractivity contribution in [2.45, 2.75) is 57.0 Å². The van der Waals surface area contributed by atoms with E-state index in [9.17, 15) is 13.2 Å². The van der Waals surface area contributed by atoms with Crippen LogP contribution in [-0.2, 0) is 19.6 Å². The van der Waals surface area contributed by atoms with Crippen molar-refractivity contribution in [2.24, 2.45) is 0 Å². The van der Waals surface area contributed by atoms with Gasteiger partial charge in [0.25, 0.3) is 0 Å². The molecule has 0 bridgehead atoms. The fourth-order valence-corrected chi connectivity index (χ4v) is 4.58. The van der Waals surface area contributed by atoms with Gasteiger partial charge in [-0.05, 0) is 38.6 Å². The molecule has 2 fully saturated rings. The van der Waals surface area contributed by atoms with E-state index >= 15 is 0 Å². The molecule has 0 aromatic rings. The second-order valence-electron chi connectivity index (χ2n) is 5.94. The van der Waals surface area contributed by atoms with Gasteiger partial charge in [0.15, 0.2) is 0 Å². The maximum absolute atomic E-state index is 12.5. The van der Waals surface area contributed by atoms with Crippen LogP contribution in [0.5, 0.6) is 0 Å². The highest BCUT2D eigenvalue weighted by atomic mass is 32.2. The number of piperidine rings is 1. The Morgan fingerprint density at radius 1 is 1.29 bits per heavy atom. The van der Waals surface area contributed by atoms with E-state index < -0.39 is 10.0 Å². The summed E-state index contributed by atoms with van der Waals surface area (Å²) in [7, 11) is -1.96. The Kier molecular flexibility index (Phi) is 6.01. The van der Waals surface area contributed by atoms with Crippen LogP contribution < -0.4 is 5.32 Å². The predicted molar refractivity (Wildman–Crippen MR) is 80.4 cm³/mol. The molecule has 1 heterocycles. The molecule has 122 valence electrons. The third-order valence-corrected chi connectivity index (χ3v) is 6.10. The topological polar surface area (TPSA) is 75.7 Å². The van der Waals surface area contributed by atoms with Gasteiger partial charge in [-0.1, -0.05) is 6.42 Å². The zero-order valence-corrected chi connectivity index (χ0v) is 13.5. The van der Waals surface area contributed by atoms with Crippen molar-refractivity contribution in [1.29, 1.82) is 0 Å². The van der Waals surface area contributed by atoms with Crippen molar-refractivity contribution in [1.82, 2.24) is 9.62 Å². The Balaban J connectivity index is 1.88. The van der Waals surface area contributed by atoms with Crippen molar-refractivity contribution < 1.29 is 17.9 Å². The number of nitrogens with one attached hydrogen (secondary N) is 1. The summed E-state index contributed by atoms with van der Waals surface area (Å²) in [6.07, 6.45) is 5.80. The van der Waals surface area contributed by atoms with Crippen LogP contribution in [0.3, 0.4) is 0 Å². The lowest BCUT2D eigenvalue weighted by molar-refractivity contribution is -0.140. The molecular formula is C14H26N2O4S. The maximum Gasteiger partial charge on any atom is 0.305 e. The van der Waals surface area contributed by atoms with E-state index in [1.54, 1.807) is 4.31 Å². The minimum absolute atomic E-state index is 0.0331. The number of ether oxygens (including phenoxy) is 1. The number of carbonyl (C=O) groups excluding carboxylic acids is 1. The predicted octanol–water partition coefficient (Wildman–Crippen LogP) is 0.876. The van der Waals surface area contributed by atoms with E-state index in [-0.39, 0.29) is 30.2 Å². The summed E-state index contributed by atoms with van der Waals surface area (Å²) in [5.74, 6) is -0.317. The second-order valence-corrected chi connectivity index (χ2v) is 7.98. The van der Waals surface area contributed by atoms with Crippen molar-refractivity contribution in [3.05, 3.63) is 0 Å². The Bertz CT molecular complexity index is 442. The molecule has 2 rings (SSSR count). The molecular weight excluding hydrogens is 292 g/mol. The number of sulfonamides is 1. The molecule has 0 aromatic carbocycles. The van der Waals surface area contributed by atoms with E-state index in [1.807, 2.05) is 0 Å². The minimum atomic E-state index is -3.28. The molecule has 1 aliphatic heterocycles. The molecule has 1 atom stereocenters. The van der Waals surface area contributed by atoms with E-state index in [4.69, 9.17) is 0 Å². The third kappa shape index (κ3) is 5.23. The lowest BCUT2D eigenvalue weighted by Crippen LogP contribution is -2.47. The summed E-state index contributed by atoms with van der Waals surface area (Å²) >= 11 is 0. The van der Waals surface area contributed by atoms with Crippen molar-refractivity contribution >= 4 is 16.0 Å². The van der Waals surface area contributed by atoms with Gasteiger partial charge in [0.05, 0.1) is 12.9 Å². The lowest BCUT2D eigenvalue weighted by Gasteiger charge is -2.30. The number of esters is 1. The van der Waals surface area contributed by atoms with Gasteiger partial charge in [-0.3, -0.25) is 4.79 Å². The lowest BCUT2D eigenvalue weighted by atomic mass is 10.1. The van der Waals surface area contributed by atoms with Crippen molar-refractivity contribution in [2.75, 3.05) is 26.0 Å². The number of nitrogens with zero attached hydrogens (tertiary/aromatic N) is 1. The van der Waals surface area contributed by atoms with Crippen LogP contribution in [0.25, 0.3) is 0 Å². The van der Waals surface area contributed by atoms with Gasteiger partial charge >= 0.3 is 5.97 Å². The summed E-state index contributed by atoms with van der Waals surface area (Å²) in [6.45, 7) is 1.55. The molecule has 7 heteroatoms. The fraction of sp³-hybridized carbons (Fsp3) is 0.929. The normalized spacial score (nSPS) is 23.2. The first kappa shape index (κ1) is 16.7. The Morgan fingerprint density at radius 3 is 2.62 bits per heavy atom. The SMILES string of the molecule is COC(=O)CCCS(=O)(=O)N(CC1CCCCN1)C1CC1. The first-order valence-corrected chi connectivity index (χ1v) is 9.43. The van der Waals surface area contributed by atoms with E-state index in [1.165, 1.54) is 20.0 Å². The monoisotopic (exact) mass is 318 g/mol. The summed E-state index contributed by atoms with van der Waals surface area (Å²) in [6, 6.07) is 0.451. The van der Waals surface area contributed by atoms with Crippen LogP contribution in [0.1, 0.15) is 44.9 Å². The number of hydrogen-bond donors (Lipinski definition) is 1. The zero-order chi connectivity index (χ0) is 15.3. The number of carbonyl (C=O) groups is 1. The molecule has 0 radical (unpaired) electrons. The van der Waals surface area contributed by atoms with Crippen LogP contribution in [0.2, 0.25) is 0 Å². The molecule has 21 heavy (non-hydrogen) atoms. The molecule has 1 aliphatic carbocycles. The average molecular weight is 318 g/mol. The number of hydrogen-bond acceptors (Lipinski definition) is 5. The molecule has 0 aromatic heterocycles. The van der Waals surface area contributed by atoms with Gasteiger partial charge in [-0.15, -0.1) is 0 Å². The van der Waals surface area contributed by atoms with E-state index in [2.05, 4.69) is 10.1 Å². The Labute approximate surface area is 127 Å². The number of rotatable bonds is 8. The third-order valence-electron chi connectivity index (χ3n) is 4.14. The van der Waals surface area contributed by atoms with E-state index in [0.29, 0.717) is 13.0 Å². The van der Waals surface area contributed by atoms with Crippen LogP contribution in [-0.4, -0.2) is 56.7 Å².